The number of fused-ring (bicyclic) bond motifs is 1. The second kappa shape index (κ2) is 14.3. The number of morpholine rings is 1. The Morgan fingerprint density at radius 2 is 1.92 bits per heavy atom. The lowest BCUT2D eigenvalue weighted by molar-refractivity contribution is -0.118. The van der Waals surface area contributed by atoms with Gasteiger partial charge >= 0.3 is 0 Å². The molecule has 2 aromatic carbocycles. The van der Waals surface area contributed by atoms with E-state index in [0.717, 1.165) is 54.6 Å². The largest absolute Gasteiger partial charge is 0.497 e. The van der Waals surface area contributed by atoms with Crippen LogP contribution in [-0.2, 0) is 9.53 Å². The van der Waals surface area contributed by atoms with Crippen LogP contribution in [-0.4, -0.2) is 75.2 Å². The van der Waals surface area contributed by atoms with Crippen molar-refractivity contribution in [2.24, 2.45) is 0 Å². The molecule has 0 atom stereocenters. The van der Waals surface area contributed by atoms with Gasteiger partial charge in [0.25, 0.3) is 0 Å². The Hall–Kier alpha value is -1.75. The molecule has 0 N–H and O–H groups in total. The van der Waals surface area contributed by atoms with E-state index < -0.39 is 0 Å². The summed E-state index contributed by atoms with van der Waals surface area (Å²) in [5.41, 5.74) is 0.693. The van der Waals surface area contributed by atoms with E-state index in [1.165, 1.54) is 11.3 Å². The summed E-state index contributed by atoms with van der Waals surface area (Å²) in [5.74, 6) is 2.21. The monoisotopic (exact) mass is 571 g/mol. The van der Waals surface area contributed by atoms with Gasteiger partial charge in [0.05, 0.1) is 37.2 Å². The van der Waals surface area contributed by atoms with Gasteiger partial charge in [0.15, 0.2) is 5.13 Å². The highest BCUT2D eigenvalue weighted by molar-refractivity contribution is 7.99. The molecule has 0 saturated carbocycles. The molecule has 1 aliphatic heterocycles. The molecule has 196 valence electrons. The smallest absolute Gasteiger partial charge is 0.229 e. The van der Waals surface area contributed by atoms with E-state index in [4.69, 9.17) is 30.8 Å². The van der Waals surface area contributed by atoms with Gasteiger partial charge in [-0.2, -0.15) is 0 Å². The number of nitrogens with zero attached hydrogens (tertiary/aromatic N) is 3. The lowest BCUT2D eigenvalue weighted by Crippen LogP contribution is -2.39. The third kappa shape index (κ3) is 7.40. The van der Waals surface area contributed by atoms with Crippen molar-refractivity contribution in [2.75, 3.05) is 64.3 Å². The molecule has 11 heteroatoms. The molecule has 1 aromatic heterocycles. The number of rotatable bonds is 11. The number of carbonyl (C=O) groups is 1. The maximum Gasteiger partial charge on any atom is 0.229 e. The van der Waals surface area contributed by atoms with Crippen LogP contribution in [0.2, 0.25) is 5.02 Å². The molecule has 1 aliphatic rings. The molecular weight excluding hydrogens is 541 g/mol. The molecule has 1 amide bonds. The van der Waals surface area contributed by atoms with Gasteiger partial charge in [0.1, 0.15) is 17.0 Å². The number of carbonyl (C=O) groups excluding carboxylic acids is 1. The van der Waals surface area contributed by atoms with Crippen LogP contribution in [0.25, 0.3) is 10.2 Å². The van der Waals surface area contributed by atoms with Gasteiger partial charge in [0.2, 0.25) is 5.91 Å². The summed E-state index contributed by atoms with van der Waals surface area (Å²) < 4.78 is 17.0. The molecule has 0 aliphatic carbocycles. The Kier molecular flexibility index (Phi) is 11.4. The number of hydrogen-bond acceptors (Lipinski definition) is 8. The second-order valence-corrected chi connectivity index (χ2v) is 10.6. The Balaban J connectivity index is 0.00000361. The summed E-state index contributed by atoms with van der Waals surface area (Å²) in [6.45, 7) is 4.91. The van der Waals surface area contributed by atoms with E-state index in [2.05, 4.69) is 4.90 Å². The number of halogens is 2. The number of aromatic nitrogens is 1. The van der Waals surface area contributed by atoms with Crippen LogP contribution in [0.1, 0.15) is 12.8 Å². The van der Waals surface area contributed by atoms with Gasteiger partial charge in [-0.3, -0.25) is 14.6 Å². The van der Waals surface area contributed by atoms with Crippen molar-refractivity contribution in [2.45, 2.75) is 17.7 Å². The summed E-state index contributed by atoms with van der Waals surface area (Å²) in [6, 6.07) is 11.5. The highest BCUT2D eigenvalue weighted by Gasteiger charge is 2.22. The average molecular weight is 573 g/mol. The first-order valence-corrected chi connectivity index (χ1v) is 13.8. The highest BCUT2D eigenvalue weighted by Crippen LogP contribution is 2.39. The number of amides is 1. The normalized spacial score (nSPS) is 13.9. The molecule has 0 unspecified atom stereocenters. The number of thiazole rings is 1. The number of hydrogen-bond donors (Lipinski definition) is 0. The SMILES string of the molecule is COc1ccc(SCCC(=O)N(CCCN2CCOCC2)c2nc3c(OC)ccc(Cl)c3s2)cc1.Cl. The maximum atomic E-state index is 13.4. The zero-order chi connectivity index (χ0) is 24.6. The number of methoxy groups -OCH3 is 2. The molecule has 0 spiro atoms. The van der Waals surface area contributed by atoms with Crippen LogP contribution in [0, 0.1) is 0 Å². The number of anilines is 1. The molecule has 2 heterocycles. The van der Waals surface area contributed by atoms with E-state index in [1.54, 1.807) is 32.0 Å². The summed E-state index contributed by atoms with van der Waals surface area (Å²) in [5, 5.41) is 1.27. The Labute approximate surface area is 231 Å². The predicted molar refractivity (Wildman–Crippen MR) is 151 cm³/mol. The fraction of sp³-hybridized carbons (Fsp3) is 0.440. The van der Waals surface area contributed by atoms with Crippen LogP contribution in [0.3, 0.4) is 0 Å². The third-order valence-electron chi connectivity index (χ3n) is 5.80. The van der Waals surface area contributed by atoms with Crippen molar-refractivity contribution < 1.29 is 19.0 Å². The highest BCUT2D eigenvalue weighted by atomic mass is 35.5. The second-order valence-electron chi connectivity index (χ2n) is 8.05. The summed E-state index contributed by atoms with van der Waals surface area (Å²) in [4.78, 5) is 23.5. The zero-order valence-corrected chi connectivity index (χ0v) is 23.6. The van der Waals surface area contributed by atoms with Gasteiger partial charge < -0.3 is 14.2 Å². The Morgan fingerprint density at radius 1 is 1.17 bits per heavy atom. The summed E-state index contributed by atoms with van der Waals surface area (Å²) in [7, 11) is 3.27. The quantitative estimate of drug-likeness (QED) is 0.276. The van der Waals surface area contributed by atoms with Crippen molar-refractivity contribution in [3.05, 3.63) is 41.4 Å². The summed E-state index contributed by atoms with van der Waals surface area (Å²) in [6.07, 6.45) is 1.27. The molecule has 0 bridgehead atoms. The van der Waals surface area contributed by atoms with E-state index in [9.17, 15) is 4.79 Å². The fourth-order valence-corrected chi connectivity index (χ4v) is 6.03. The predicted octanol–water partition coefficient (Wildman–Crippen LogP) is 5.63. The molecule has 1 saturated heterocycles. The average Bonchev–Trinajstić information content (AvgIpc) is 3.34. The van der Waals surface area contributed by atoms with Crippen LogP contribution < -0.4 is 14.4 Å². The minimum atomic E-state index is 0. The van der Waals surface area contributed by atoms with Crippen molar-refractivity contribution >= 4 is 68.4 Å². The van der Waals surface area contributed by atoms with Crippen molar-refractivity contribution in [3.63, 3.8) is 0 Å². The van der Waals surface area contributed by atoms with E-state index >= 15 is 0 Å². The lowest BCUT2D eigenvalue weighted by atomic mass is 10.3. The number of thioether (sulfide) groups is 1. The van der Waals surface area contributed by atoms with Gasteiger partial charge in [-0.25, -0.2) is 4.98 Å². The Morgan fingerprint density at radius 3 is 2.61 bits per heavy atom. The van der Waals surface area contributed by atoms with Crippen LogP contribution >= 0.6 is 47.1 Å². The first-order valence-electron chi connectivity index (χ1n) is 11.6. The molecule has 7 nitrogen and oxygen atoms in total. The van der Waals surface area contributed by atoms with E-state index in [1.807, 2.05) is 35.2 Å². The molecule has 3 aromatic rings. The Bertz CT molecular complexity index is 1120. The fourth-order valence-electron chi connectivity index (χ4n) is 3.89. The standard InChI is InChI=1S/C25H30ClN3O4S2.ClH/c1-31-18-4-6-19(7-5-18)34-17-10-22(30)29(12-3-11-28-13-15-33-16-14-28)25-27-23-21(32-2)9-8-20(26)24(23)35-25;/h4-9H,3,10-17H2,1-2H3;1H. The molecule has 4 rings (SSSR count). The first kappa shape index (κ1) is 28.8. The van der Waals surface area contributed by atoms with Crippen LogP contribution in [0.5, 0.6) is 11.5 Å². The minimum Gasteiger partial charge on any atom is -0.497 e. The number of benzene rings is 2. The first-order chi connectivity index (χ1) is 17.1. The van der Waals surface area contributed by atoms with Gasteiger partial charge in [-0.15, -0.1) is 24.2 Å². The molecular formula is C25H31Cl2N3O4S2. The number of ether oxygens (including phenoxy) is 3. The van der Waals surface area contributed by atoms with Gasteiger partial charge in [-0.1, -0.05) is 22.9 Å². The van der Waals surface area contributed by atoms with Crippen molar-refractivity contribution in [1.29, 1.82) is 0 Å². The van der Waals surface area contributed by atoms with Crippen molar-refractivity contribution in [1.82, 2.24) is 9.88 Å². The zero-order valence-electron chi connectivity index (χ0n) is 20.4. The van der Waals surface area contributed by atoms with Crippen molar-refractivity contribution in [3.8, 4) is 11.5 Å². The molecule has 1 fully saturated rings. The molecule has 0 radical (unpaired) electrons. The maximum absolute atomic E-state index is 13.4. The minimum absolute atomic E-state index is 0. The molecule has 36 heavy (non-hydrogen) atoms. The van der Waals surface area contributed by atoms with Gasteiger partial charge in [0, 0.05) is 43.2 Å². The van der Waals surface area contributed by atoms with Gasteiger partial charge in [-0.05, 0) is 42.8 Å². The van der Waals surface area contributed by atoms with E-state index in [-0.39, 0.29) is 18.3 Å². The third-order valence-corrected chi connectivity index (χ3v) is 8.36. The van der Waals surface area contributed by atoms with E-state index in [0.29, 0.717) is 40.1 Å². The topological polar surface area (TPSA) is 64.1 Å². The summed E-state index contributed by atoms with van der Waals surface area (Å²) >= 11 is 9.54. The lowest BCUT2D eigenvalue weighted by Gasteiger charge is -2.27. The van der Waals surface area contributed by atoms with Crippen LogP contribution in [0.4, 0.5) is 5.13 Å². The van der Waals surface area contributed by atoms with Crippen LogP contribution in [0.15, 0.2) is 41.3 Å².